The average Bonchev–Trinajstić information content (AvgIpc) is 3.49. The predicted octanol–water partition coefficient (Wildman–Crippen LogP) is 4.89. The quantitative estimate of drug-likeness (QED) is 0.628. The summed E-state index contributed by atoms with van der Waals surface area (Å²) < 4.78 is 91.8. The van der Waals surface area contributed by atoms with Gasteiger partial charge in [0.25, 0.3) is 0 Å². The third-order valence-corrected chi connectivity index (χ3v) is 4.61. The number of likely N-dealkylation sites (N-methyl/N-ethyl adjacent to an activating group) is 1. The van der Waals surface area contributed by atoms with Crippen molar-refractivity contribution in [3.05, 3.63) is 53.5 Å². The second-order valence-electron chi connectivity index (χ2n) is 6.88. The fourth-order valence-corrected chi connectivity index (χ4v) is 2.82. The molecule has 0 saturated heterocycles. The molecule has 2 aromatic rings. The number of benzene rings is 1. The number of halogens is 7. The molecule has 0 spiro atoms. The lowest BCUT2D eigenvalue weighted by atomic mass is 10.2. The molecule has 30 heavy (non-hydrogen) atoms. The molecule has 0 aliphatic heterocycles. The van der Waals surface area contributed by atoms with Crippen molar-refractivity contribution in [1.29, 1.82) is 0 Å². The van der Waals surface area contributed by atoms with E-state index in [2.05, 4.69) is 4.98 Å². The Kier molecular flexibility index (Phi) is 5.66. The maximum Gasteiger partial charge on any atom is 0.433 e. The monoisotopic (exact) mass is 435 g/mol. The molecule has 1 fully saturated rings. The zero-order valence-electron chi connectivity index (χ0n) is 15.6. The molecule has 0 radical (unpaired) electrons. The van der Waals surface area contributed by atoms with Gasteiger partial charge >= 0.3 is 12.4 Å². The minimum Gasteiger partial charge on any atom is -0.344 e. The molecule has 0 bridgehead atoms. The van der Waals surface area contributed by atoms with Gasteiger partial charge in [0.05, 0.1) is 12.1 Å². The molecule has 1 aromatic carbocycles. The van der Waals surface area contributed by atoms with Gasteiger partial charge in [-0.2, -0.15) is 26.3 Å². The lowest BCUT2D eigenvalue weighted by Gasteiger charge is -2.27. The van der Waals surface area contributed by atoms with Crippen LogP contribution in [0, 0.1) is 5.82 Å². The number of carbonyl (C=O) groups is 1. The Morgan fingerprint density at radius 2 is 1.63 bits per heavy atom. The van der Waals surface area contributed by atoms with Crippen LogP contribution < -0.4 is 9.80 Å². The Bertz CT molecular complexity index is 889. The van der Waals surface area contributed by atoms with Gasteiger partial charge < -0.3 is 9.80 Å². The highest BCUT2D eigenvalue weighted by atomic mass is 19.4. The standard InChI is InChI=1S/C19H16F7N3O/c1-28(13-4-2-12(20)3-5-13)17(30)10-29(14-6-7-14)16-9-11(18(21,22)23)8-15(27-16)19(24,25)26/h2-5,8-9,14H,6-7,10H2,1H3. The summed E-state index contributed by atoms with van der Waals surface area (Å²) >= 11 is 0. The van der Waals surface area contributed by atoms with Crippen molar-refractivity contribution in [3.8, 4) is 0 Å². The van der Waals surface area contributed by atoms with E-state index in [0.717, 1.165) is 21.9 Å². The maximum atomic E-state index is 13.1. The Balaban J connectivity index is 1.92. The van der Waals surface area contributed by atoms with E-state index >= 15 is 0 Å². The summed E-state index contributed by atoms with van der Waals surface area (Å²) in [4.78, 5) is 18.3. The van der Waals surface area contributed by atoms with Crippen molar-refractivity contribution in [2.24, 2.45) is 0 Å². The van der Waals surface area contributed by atoms with Gasteiger partial charge in [0.2, 0.25) is 5.91 Å². The van der Waals surface area contributed by atoms with Crippen molar-refractivity contribution < 1.29 is 35.5 Å². The fourth-order valence-electron chi connectivity index (χ4n) is 2.82. The number of carbonyl (C=O) groups excluding carboxylic acids is 1. The van der Waals surface area contributed by atoms with Crippen LogP contribution in [0.15, 0.2) is 36.4 Å². The summed E-state index contributed by atoms with van der Waals surface area (Å²) in [6.45, 7) is -0.482. The minimum atomic E-state index is -5.08. The van der Waals surface area contributed by atoms with E-state index in [9.17, 15) is 35.5 Å². The zero-order valence-corrected chi connectivity index (χ0v) is 15.6. The number of aromatic nitrogens is 1. The number of amides is 1. The highest BCUT2D eigenvalue weighted by Gasteiger charge is 2.40. The molecular weight excluding hydrogens is 419 g/mol. The van der Waals surface area contributed by atoms with Gasteiger partial charge in [-0.15, -0.1) is 0 Å². The molecule has 0 unspecified atom stereocenters. The number of hydrogen-bond acceptors (Lipinski definition) is 3. The molecule has 4 nitrogen and oxygen atoms in total. The number of anilines is 2. The number of alkyl halides is 6. The summed E-state index contributed by atoms with van der Waals surface area (Å²) in [5.74, 6) is -1.69. The van der Waals surface area contributed by atoms with E-state index in [-0.39, 0.29) is 6.07 Å². The molecule has 1 aliphatic carbocycles. The van der Waals surface area contributed by atoms with Crippen LogP contribution in [0.2, 0.25) is 0 Å². The smallest absolute Gasteiger partial charge is 0.344 e. The largest absolute Gasteiger partial charge is 0.433 e. The van der Waals surface area contributed by atoms with Crippen molar-refractivity contribution in [2.75, 3.05) is 23.4 Å². The number of hydrogen-bond donors (Lipinski definition) is 0. The molecule has 0 atom stereocenters. The van der Waals surface area contributed by atoms with Crippen LogP contribution in [0.5, 0.6) is 0 Å². The highest BCUT2D eigenvalue weighted by Crippen LogP contribution is 2.38. The van der Waals surface area contributed by atoms with Gasteiger partial charge in [-0.3, -0.25) is 4.79 Å². The van der Waals surface area contributed by atoms with Gasteiger partial charge in [-0.25, -0.2) is 9.37 Å². The van der Waals surface area contributed by atoms with Crippen LogP contribution in [0.3, 0.4) is 0 Å². The molecule has 3 rings (SSSR count). The normalized spacial score (nSPS) is 14.5. The van der Waals surface area contributed by atoms with Crippen LogP contribution in [0.25, 0.3) is 0 Å². The number of nitrogens with zero attached hydrogens (tertiary/aromatic N) is 3. The van der Waals surface area contributed by atoms with Gasteiger partial charge in [0.15, 0.2) is 0 Å². The summed E-state index contributed by atoms with van der Waals surface area (Å²) in [5, 5.41) is 0. The second-order valence-corrected chi connectivity index (χ2v) is 6.88. The minimum absolute atomic E-state index is 0.0545. The molecule has 0 N–H and O–H groups in total. The first kappa shape index (κ1) is 21.8. The highest BCUT2D eigenvalue weighted by molar-refractivity contribution is 5.96. The number of pyridine rings is 1. The molecule has 1 aliphatic rings. The van der Waals surface area contributed by atoms with Crippen LogP contribution in [0.4, 0.5) is 42.2 Å². The molecule has 1 aromatic heterocycles. The Hall–Kier alpha value is -2.85. The van der Waals surface area contributed by atoms with E-state index in [0.29, 0.717) is 24.6 Å². The maximum absolute atomic E-state index is 13.1. The zero-order chi connectivity index (χ0) is 22.3. The van der Waals surface area contributed by atoms with Crippen molar-refractivity contribution in [3.63, 3.8) is 0 Å². The topological polar surface area (TPSA) is 36.4 Å². The van der Waals surface area contributed by atoms with E-state index in [4.69, 9.17) is 0 Å². The fraction of sp³-hybridized carbons (Fsp3) is 0.368. The van der Waals surface area contributed by atoms with E-state index in [1.54, 1.807) is 0 Å². The second kappa shape index (κ2) is 7.77. The van der Waals surface area contributed by atoms with E-state index in [1.165, 1.54) is 19.2 Å². The third-order valence-electron chi connectivity index (χ3n) is 4.61. The van der Waals surface area contributed by atoms with Gasteiger partial charge in [-0.05, 0) is 49.2 Å². The summed E-state index contributed by atoms with van der Waals surface area (Å²) in [7, 11) is 1.38. The lowest BCUT2D eigenvalue weighted by molar-refractivity contribution is -0.145. The predicted molar refractivity (Wildman–Crippen MR) is 94.4 cm³/mol. The number of rotatable bonds is 5. The summed E-state index contributed by atoms with van der Waals surface area (Å²) in [6.07, 6.45) is -9.08. The van der Waals surface area contributed by atoms with Crippen LogP contribution in [-0.4, -0.2) is 30.5 Å². The molecule has 1 heterocycles. The van der Waals surface area contributed by atoms with Crippen LogP contribution in [-0.2, 0) is 17.1 Å². The Morgan fingerprint density at radius 3 is 2.13 bits per heavy atom. The first-order valence-electron chi connectivity index (χ1n) is 8.81. The molecule has 1 amide bonds. The van der Waals surface area contributed by atoms with E-state index in [1.807, 2.05) is 0 Å². The van der Waals surface area contributed by atoms with Gasteiger partial charge in [0, 0.05) is 18.8 Å². The first-order chi connectivity index (χ1) is 13.9. The van der Waals surface area contributed by atoms with Crippen molar-refractivity contribution in [1.82, 2.24) is 4.98 Å². The lowest BCUT2D eigenvalue weighted by Crippen LogP contribution is -2.40. The van der Waals surface area contributed by atoms with Crippen molar-refractivity contribution >= 4 is 17.4 Å². The Morgan fingerprint density at radius 1 is 1.03 bits per heavy atom. The van der Waals surface area contributed by atoms with Gasteiger partial charge in [0.1, 0.15) is 17.3 Å². The van der Waals surface area contributed by atoms with Crippen molar-refractivity contribution in [2.45, 2.75) is 31.2 Å². The van der Waals surface area contributed by atoms with Gasteiger partial charge in [-0.1, -0.05) is 0 Å². The average molecular weight is 435 g/mol. The first-order valence-corrected chi connectivity index (χ1v) is 8.81. The summed E-state index contributed by atoms with van der Waals surface area (Å²) in [5.41, 5.74) is -2.85. The SMILES string of the molecule is CN(C(=O)CN(c1cc(C(F)(F)F)cc(C(F)(F)F)n1)C1CC1)c1ccc(F)cc1. The van der Waals surface area contributed by atoms with Crippen LogP contribution >= 0.6 is 0 Å². The molecule has 162 valence electrons. The van der Waals surface area contributed by atoms with E-state index < -0.39 is 53.7 Å². The van der Waals surface area contributed by atoms with Crippen LogP contribution in [0.1, 0.15) is 24.1 Å². The molecule has 1 saturated carbocycles. The summed E-state index contributed by atoms with van der Waals surface area (Å²) in [6, 6.07) is 4.98. The molecular formula is C19H16F7N3O. The Labute approximate surface area is 166 Å². The molecule has 11 heteroatoms. The third kappa shape index (κ3) is 5.00.